The molecule has 1 aliphatic carbocycles. The Hall–Kier alpha value is -0.860. The predicted molar refractivity (Wildman–Crippen MR) is 68.2 cm³/mol. The van der Waals surface area contributed by atoms with Crippen molar-refractivity contribution < 1.29 is 0 Å². The van der Waals surface area contributed by atoms with Gasteiger partial charge in [-0.2, -0.15) is 0 Å². The van der Waals surface area contributed by atoms with E-state index in [1.807, 2.05) is 6.07 Å². The lowest BCUT2D eigenvalue weighted by atomic mass is 9.93. The number of rotatable bonds is 5. The summed E-state index contributed by atoms with van der Waals surface area (Å²) >= 11 is 0. The van der Waals surface area contributed by atoms with Crippen molar-refractivity contribution in [2.24, 2.45) is 11.7 Å². The lowest BCUT2D eigenvalue weighted by molar-refractivity contribution is 0.251. The van der Waals surface area contributed by atoms with Crippen LogP contribution in [-0.2, 0) is 5.54 Å². The molecule has 2 rings (SSSR count). The Bertz CT molecular complexity index is 328. The van der Waals surface area contributed by atoms with E-state index >= 15 is 0 Å². The van der Waals surface area contributed by atoms with Gasteiger partial charge < -0.3 is 10.6 Å². The van der Waals surface area contributed by atoms with Crippen LogP contribution in [0.15, 0.2) is 30.3 Å². The summed E-state index contributed by atoms with van der Waals surface area (Å²) in [5.41, 5.74) is 7.37. The van der Waals surface area contributed by atoms with Gasteiger partial charge in [0.2, 0.25) is 0 Å². The molecule has 1 aromatic carbocycles. The van der Waals surface area contributed by atoms with Crippen molar-refractivity contribution in [1.82, 2.24) is 4.90 Å². The Morgan fingerprint density at radius 2 is 1.94 bits per heavy atom. The van der Waals surface area contributed by atoms with Gasteiger partial charge in [0.15, 0.2) is 0 Å². The van der Waals surface area contributed by atoms with Crippen LogP contribution >= 0.6 is 0 Å². The molecular weight excluding hydrogens is 196 g/mol. The summed E-state index contributed by atoms with van der Waals surface area (Å²) in [7, 11) is 2.17. The van der Waals surface area contributed by atoms with Crippen LogP contribution in [0.3, 0.4) is 0 Å². The topological polar surface area (TPSA) is 29.3 Å². The van der Waals surface area contributed by atoms with Crippen molar-refractivity contribution in [3.8, 4) is 0 Å². The molecule has 1 unspecified atom stereocenters. The SMILES string of the molecule is CN(CC1CC1)CC(C)(N)c1ccccc1. The number of hydrogen-bond acceptors (Lipinski definition) is 2. The summed E-state index contributed by atoms with van der Waals surface area (Å²) in [6, 6.07) is 10.4. The molecule has 0 heterocycles. The van der Waals surface area contributed by atoms with Gasteiger partial charge in [-0.15, -0.1) is 0 Å². The van der Waals surface area contributed by atoms with Crippen LogP contribution in [0.1, 0.15) is 25.3 Å². The van der Waals surface area contributed by atoms with Crippen molar-refractivity contribution in [3.05, 3.63) is 35.9 Å². The van der Waals surface area contributed by atoms with Gasteiger partial charge in [-0.05, 0) is 38.3 Å². The fourth-order valence-electron chi connectivity index (χ4n) is 2.28. The van der Waals surface area contributed by atoms with Gasteiger partial charge in [0.05, 0.1) is 5.54 Å². The van der Waals surface area contributed by atoms with Gasteiger partial charge in [0.25, 0.3) is 0 Å². The summed E-state index contributed by atoms with van der Waals surface area (Å²) in [6.45, 7) is 4.23. The van der Waals surface area contributed by atoms with Crippen molar-refractivity contribution in [2.75, 3.05) is 20.1 Å². The average Bonchev–Trinajstić information content (AvgIpc) is 3.02. The molecule has 0 saturated heterocycles. The van der Waals surface area contributed by atoms with E-state index in [0.29, 0.717) is 0 Å². The normalized spacial score (nSPS) is 19.8. The maximum atomic E-state index is 6.39. The second kappa shape index (κ2) is 4.56. The molecule has 1 atom stereocenters. The lowest BCUT2D eigenvalue weighted by Gasteiger charge is -2.30. The summed E-state index contributed by atoms with van der Waals surface area (Å²) in [4.78, 5) is 2.37. The molecule has 0 spiro atoms. The Morgan fingerprint density at radius 1 is 1.31 bits per heavy atom. The van der Waals surface area contributed by atoms with E-state index in [1.54, 1.807) is 0 Å². The van der Waals surface area contributed by atoms with Crippen molar-refractivity contribution in [3.63, 3.8) is 0 Å². The fourth-order valence-corrected chi connectivity index (χ4v) is 2.28. The molecular formula is C14H22N2. The number of nitrogens with two attached hydrogens (primary N) is 1. The summed E-state index contributed by atoms with van der Waals surface area (Å²) < 4.78 is 0. The molecule has 0 bridgehead atoms. The van der Waals surface area contributed by atoms with E-state index in [4.69, 9.17) is 5.73 Å². The standard InChI is InChI=1S/C14H22N2/c1-14(15,13-6-4-3-5-7-13)11-16(2)10-12-8-9-12/h3-7,12H,8-11,15H2,1-2H3. The third-order valence-electron chi connectivity index (χ3n) is 3.30. The zero-order valence-corrected chi connectivity index (χ0v) is 10.3. The van der Waals surface area contributed by atoms with E-state index in [2.05, 4.69) is 43.1 Å². The van der Waals surface area contributed by atoms with E-state index in [0.717, 1.165) is 12.5 Å². The van der Waals surface area contributed by atoms with E-state index in [1.165, 1.54) is 24.9 Å². The van der Waals surface area contributed by atoms with Crippen LogP contribution in [0.5, 0.6) is 0 Å². The second-order valence-corrected chi connectivity index (χ2v) is 5.42. The molecule has 1 aliphatic rings. The lowest BCUT2D eigenvalue weighted by Crippen LogP contribution is -2.44. The molecule has 0 aliphatic heterocycles. The molecule has 2 nitrogen and oxygen atoms in total. The molecule has 0 amide bonds. The van der Waals surface area contributed by atoms with Crippen LogP contribution in [-0.4, -0.2) is 25.0 Å². The maximum Gasteiger partial charge on any atom is 0.0509 e. The predicted octanol–water partition coefficient (Wildman–Crippen LogP) is 2.20. The largest absolute Gasteiger partial charge is 0.321 e. The van der Waals surface area contributed by atoms with Gasteiger partial charge in [0, 0.05) is 13.1 Å². The minimum Gasteiger partial charge on any atom is -0.321 e. The number of likely N-dealkylation sites (N-methyl/N-ethyl adjacent to an activating group) is 1. The van der Waals surface area contributed by atoms with Gasteiger partial charge in [0.1, 0.15) is 0 Å². The monoisotopic (exact) mass is 218 g/mol. The molecule has 88 valence electrons. The molecule has 0 radical (unpaired) electrons. The minimum atomic E-state index is -0.245. The van der Waals surface area contributed by atoms with Crippen LogP contribution in [0, 0.1) is 5.92 Å². The third-order valence-corrected chi connectivity index (χ3v) is 3.30. The number of nitrogens with zero attached hydrogens (tertiary/aromatic N) is 1. The van der Waals surface area contributed by atoms with E-state index in [-0.39, 0.29) is 5.54 Å². The molecule has 1 fully saturated rings. The zero-order valence-electron chi connectivity index (χ0n) is 10.3. The molecule has 1 saturated carbocycles. The average molecular weight is 218 g/mol. The first-order chi connectivity index (χ1) is 7.58. The molecule has 0 aromatic heterocycles. The smallest absolute Gasteiger partial charge is 0.0509 e. The van der Waals surface area contributed by atoms with E-state index in [9.17, 15) is 0 Å². The Morgan fingerprint density at radius 3 is 2.50 bits per heavy atom. The first-order valence-electron chi connectivity index (χ1n) is 6.11. The van der Waals surface area contributed by atoms with E-state index < -0.39 is 0 Å². The Kier molecular flexibility index (Phi) is 3.31. The van der Waals surface area contributed by atoms with Gasteiger partial charge in [-0.3, -0.25) is 0 Å². The van der Waals surface area contributed by atoms with Crippen LogP contribution in [0.2, 0.25) is 0 Å². The third kappa shape index (κ3) is 3.06. The Balaban J connectivity index is 1.95. The quantitative estimate of drug-likeness (QED) is 0.821. The van der Waals surface area contributed by atoms with Gasteiger partial charge >= 0.3 is 0 Å². The highest BCUT2D eigenvalue weighted by Gasteiger charge is 2.27. The van der Waals surface area contributed by atoms with Gasteiger partial charge in [-0.25, -0.2) is 0 Å². The number of hydrogen-bond donors (Lipinski definition) is 1. The second-order valence-electron chi connectivity index (χ2n) is 5.42. The highest BCUT2D eigenvalue weighted by atomic mass is 15.1. The molecule has 2 heteroatoms. The molecule has 1 aromatic rings. The summed E-state index contributed by atoms with van der Waals surface area (Å²) in [6.07, 6.45) is 2.80. The van der Waals surface area contributed by atoms with Crippen LogP contribution in [0.25, 0.3) is 0 Å². The Labute approximate surface area is 98.4 Å². The first-order valence-corrected chi connectivity index (χ1v) is 6.11. The van der Waals surface area contributed by atoms with Crippen molar-refractivity contribution >= 4 is 0 Å². The minimum absolute atomic E-state index is 0.245. The number of benzene rings is 1. The highest BCUT2D eigenvalue weighted by Crippen LogP contribution is 2.30. The highest BCUT2D eigenvalue weighted by molar-refractivity contribution is 5.23. The fraction of sp³-hybridized carbons (Fsp3) is 0.571. The van der Waals surface area contributed by atoms with Crippen molar-refractivity contribution in [1.29, 1.82) is 0 Å². The van der Waals surface area contributed by atoms with Crippen LogP contribution < -0.4 is 5.73 Å². The maximum absolute atomic E-state index is 6.39. The van der Waals surface area contributed by atoms with Crippen LogP contribution in [0.4, 0.5) is 0 Å². The molecule has 16 heavy (non-hydrogen) atoms. The van der Waals surface area contributed by atoms with Gasteiger partial charge in [-0.1, -0.05) is 30.3 Å². The summed E-state index contributed by atoms with van der Waals surface area (Å²) in [5.74, 6) is 0.927. The van der Waals surface area contributed by atoms with Crippen molar-refractivity contribution in [2.45, 2.75) is 25.3 Å². The summed E-state index contributed by atoms with van der Waals surface area (Å²) in [5, 5.41) is 0. The first kappa shape index (κ1) is 11.6. The molecule has 2 N–H and O–H groups in total. The zero-order chi connectivity index (χ0) is 11.6.